The van der Waals surface area contributed by atoms with Crippen LogP contribution < -0.4 is 5.32 Å². The van der Waals surface area contributed by atoms with E-state index in [1.807, 2.05) is 0 Å². The third kappa shape index (κ3) is 2.75. The summed E-state index contributed by atoms with van der Waals surface area (Å²) in [5.74, 6) is 0.334. The summed E-state index contributed by atoms with van der Waals surface area (Å²) in [7, 11) is 0. The molecule has 0 atom stereocenters. The molecule has 2 aromatic rings. The zero-order chi connectivity index (χ0) is 16.7. The van der Waals surface area contributed by atoms with E-state index in [1.54, 1.807) is 0 Å². The molecule has 1 saturated heterocycles. The van der Waals surface area contributed by atoms with Gasteiger partial charge in [0.25, 0.3) is 0 Å². The topological polar surface area (TPSA) is 81.8 Å². The van der Waals surface area contributed by atoms with Crippen molar-refractivity contribution in [2.75, 3.05) is 19.6 Å². The van der Waals surface area contributed by atoms with Crippen LogP contribution in [0.3, 0.4) is 0 Å². The number of piperidine rings is 1. The van der Waals surface area contributed by atoms with Crippen molar-refractivity contribution in [2.24, 2.45) is 0 Å². The van der Waals surface area contributed by atoms with Crippen molar-refractivity contribution in [3.63, 3.8) is 0 Å². The molecule has 0 unspecified atom stereocenters. The number of nitrogens with one attached hydrogen (secondary N) is 1. The second-order valence-electron chi connectivity index (χ2n) is 6.46. The van der Waals surface area contributed by atoms with Crippen molar-refractivity contribution in [3.8, 4) is 22.8 Å². The lowest BCUT2D eigenvalue weighted by Crippen LogP contribution is -2.45. The molecule has 0 radical (unpaired) electrons. The van der Waals surface area contributed by atoms with Gasteiger partial charge in [-0.25, -0.2) is 0 Å². The fraction of sp³-hybridized carbons (Fsp3) is 0.471. The van der Waals surface area contributed by atoms with E-state index >= 15 is 0 Å². The van der Waals surface area contributed by atoms with Crippen LogP contribution in [0.15, 0.2) is 16.7 Å². The van der Waals surface area contributed by atoms with Crippen LogP contribution in [-0.4, -0.2) is 45.9 Å². The summed E-state index contributed by atoms with van der Waals surface area (Å²) >= 11 is 6.00. The highest BCUT2D eigenvalue weighted by molar-refractivity contribution is 6.32. The van der Waals surface area contributed by atoms with E-state index in [0.29, 0.717) is 17.4 Å². The Morgan fingerprint density at radius 2 is 2.00 bits per heavy atom. The molecule has 0 spiro atoms. The first-order valence-corrected chi connectivity index (χ1v) is 8.65. The SMILES string of the molecule is Oc1cc(O)c(-c2onc3c2CN(C2CCNCC2)CC3)cc1Cl. The Labute approximate surface area is 145 Å². The van der Waals surface area contributed by atoms with Gasteiger partial charge in [-0.3, -0.25) is 4.90 Å². The summed E-state index contributed by atoms with van der Waals surface area (Å²) in [4.78, 5) is 2.48. The Kier molecular flexibility index (Phi) is 4.12. The van der Waals surface area contributed by atoms with Gasteiger partial charge in [-0.1, -0.05) is 16.8 Å². The molecule has 24 heavy (non-hydrogen) atoms. The number of phenols is 2. The number of aromatic hydroxyl groups is 2. The predicted octanol–water partition coefficient (Wildman–Crippen LogP) is 2.52. The zero-order valence-corrected chi connectivity index (χ0v) is 14.0. The maximum atomic E-state index is 10.2. The summed E-state index contributed by atoms with van der Waals surface area (Å²) < 4.78 is 5.53. The molecule has 3 heterocycles. The van der Waals surface area contributed by atoms with Gasteiger partial charge in [-0.05, 0) is 32.0 Å². The van der Waals surface area contributed by atoms with Crippen LogP contribution in [0.25, 0.3) is 11.3 Å². The number of phenolic OH excluding ortho intramolecular Hbond substituents is 2. The van der Waals surface area contributed by atoms with E-state index in [9.17, 15) is 10.2 Å². The molecule has 0 bridgehead atoms. The molecule has 0 aliphatic carbocycles. The summed E-state index contributed by atoms with van der Waals surface area (Å²) in [5.41, 5.74) is 2.43. The third-order valence-electron chi connectivity index (χ3n) is 5.00. The molecule has 2 aliphatic rings. The van der Waals surface area contributed by atoms with Crippen molar-refractivity contribution in [2.45, 2.75) is 31.8 Å². The normalized spacial score (nSPS) is 19.4. The predicted molar refractivity (Wildman–Crippen MR) is 90.3 cm³/mol. The summed E-state index contributed by atoms with van der Waals surface area (Å²) in [6.07, 6.45) is 3.13. The van der Waals surface area contributed by atoms with Crippen LogP contribution in [0.1, 0.15) is 24.1 Å². The monoisotopic (exact) mass is 349 g/mol. The smallest absolute Gasteiger partial charge is 0.175 e. The van der Waals surface area contributed by atoms with Gasteiger partial charge in [0, 0.05) is 37.2 Å². The van der Waals surface area contributed by atoms with Gasteiger partial charge in [0.15, 0.2) is 5.76 Å². The van der Waals surface area contributed by atoms with Crippen molar-refractivity contribution in [1.82, 2.24) is 15.4 Å². The molecule has 1 fully saturated rings. The van der Waals surface area contributed by atoms with Crippen molar-refractivity contribution >= 4 is 11.6 Å². The highest BCUT2D eigenvalue weighted by Crippen LogP contribution is 2.40. The molecule has 128 valence electrons. The number of halogens is 1. The van der Waals surface area contributed by atoms with Crippen molar-refractivity contribution in [1.29, 1.82) is 0 Å². The highest BCUT2D eigenvalue weighted by atomic mass is 35.5. The lowest BCUT2D eigenvalue weighted by atomic mass is 9.97. The van der Waals surface area contributed by atoms with E-state index in [-0.39, 0.29) is 16.5 Å². The Bertz CT molecular complexity index is 756. The lowest BCUT2D eigenvalue weighted by molar-refractivity contribution is 0.147. The zero-order valence-electron chi connectivity index (χ0n) is 13.3. The van der Waals surface area contributed by atoms with Gasteiger partial charge >= 0.3 is 0 Å². The first kappa shape index (κ1) is 15.7. The minimum absolute atomic E-state index is 0.0603. The summed E-state index contributed by atoms with van der Waals surface area (Å²) in [5, 5.41) is 27.5. The maximum absolute atomic E-state index is 10.2. The van der Waals surface area contributed by atoms with Crippen LogP contribution in [0, 0.1) is 0 Å². The third-order valence-corrected chi connectivity index (χ3v) is 5.30. The van der Waals surface area contributed by atoms with Crippen LogP contribution in [-0.2, 0) is 13.0 Å². The van der Waals surface area contributed by atoms with E-state index in [2.05, 4.69) is 15.4 Å². The molecule has 6 nitrogen and oxygen atoms in total. The Morgan fingerprint density at radius 3 is 2.79 bits per heavy atom. The molecule has 0 amide bonds. The molecule has 1 aromatic carbocycles. The van der Waals surface area contributed by atoms with Crippen molar-refractivity contribution < 1.29 is 14.7 Å². The van der Waals surface area contributed by atoms with Crippen LogP contribution in [0.5, 0.6) is 11.5 Å². The van der Waals surface area contributed by atoms with Gasteiger partial charge < -0.3 is 20.1 Å². The molecule has 4 rings (SSSR count). The first-order valence-electron chi connectivity index (χ1n) is 8.27. The fourth-order valence-corrected chi connectivity index (χ4v) is 3.82. The first-order chi connectivity index (χ1) is 11.6. The van der Waals surface area contributed by atoms with Crippen LogP contribution >= 0.6 is 11.6 Å². The molecule has 1 aromatic heterocycles. The molecular weight excluding hydrogens is 330 g/mol. The van der Waals surface area contributed by atoms with Gasteiger partial charge in [0.2, 0.25) is 0 Å². The average Bonchev–Trinajstić information content (AvgIpc) is 3.02. The summed E-state index contributed by atoms with van der Waals surface area (Å²) in [6, 6.07) is 3.33. The number of aromatic nitrogens is 1. The Balaban J connectivity index is 1.66. The van der Waals surface area contributed by atoms with Gasteiger partial charge in [-0.2, -0.15) is 0 Å². The Hall–Kier alpha value is -1.76. The second kappa shape index (κ2) is 6.27. The number of rotatable bonds is 2. The summed E-state index contributed by atoms with van der Waals surface area (Å²) in [6.45, 7) is 3.85. The van der Waals surface area contributed by atoms with Crippen molar-refractivity contribution in [3.05, 3.63) is 28.4 Å². The number of nitrogens with zero attached hydrogens (tertiary/aromatic N) is 2. The van der Waals surface area contributed by atoms with E-state index in [4.69, 9.17) is 16.1 Å². The standard InChI is InChI=1S/C17H20ClN3O3/c18-13-7-11(15(22)8-16(13)23)17-12-9-21(6-3-14(12)20-24-17)10-1-4-19-5-2-10/h7-8,10,19,22-23H,1-6,9H2. The van der Waals surface area contributed by atoms with E-state index in [1.165, 1.54) is 12.1 Å². The van der Waals surface area contributed by atoms with Gasteiger partial charge in [-0.15, -0.1) is 0 Å². The fourth-order valence-electron chi connectivity index (χ4n) is 3.66. The molecule has 7 heteroatoms. The second-order valence-corrected chi connectivity index (χ2v) is 6.87. The Morgan fingerprint density at radius 1 is 1.21 bits per heavy atom. The largest absolute Gasteiger partial charge is 0.507 e. The molecule has 0 saturated carbocycles. The van der Waals surface area contributed by atoms with E-state index in [0.717, 1.165) is 56.7 Å². The molecular formula is C17H20ClN3O3. The number of hydrogen-bond acceptors (Lipinski definition) is 6. The number of fused-ring (bicyclic) bond motifs is 1. The van der Waals surface area contributed by atoms with Gasteiger partial charge in [0.1, 0.15) is 11.5 Å². The number of benzene rings is 1. The maximum Gasteiger partial charge on any atom is 0.175 e. The lowest BCUT2D eigenvalue weighted by Gasteiger charge is -2.36. The highest BCUT2D eigenvalue weighted by Gasteiger charge is 2.30. The average molecular weight is 350 g/mol. The number of hydrogen-bond donors (Lipinski definition) is 3. The van der Waals surface area contributed by atoms with Crippen LogP contribution in [0.2, 0.25) is 5.02 Å². The minimum Gasteiger partial charge on any atom is -0.507 e. The molecule has 2 aliphatic heterocycles. The minimum atomic E-state index is -0.150. The van der Waals surface area contributed by atoms with Gasteiger partial charge in [0.05, 0.1) is 16.3 Å². The quantitative estimate of drug-likeness (QED) is 0.773. The molecule has 3 N–H and O–H groups in total. The van der Waals surface area contributed by atoms with Crippen LogP contribution in [0.4, 0.5) is 0 Å². The van der Waals surface area contributed by atoms with E-state index < -0.39 is 0 Å².